The molecule has 0 bridgehead atoms. The molecule has 0 spiro atoms. The van der Waals surface area contributed by atoms with Gasteiger partial charge in [0, 0.05) is 13.1 Å². The summed E-state index contributed by atoms with van der Waals surface area (Å²) < 4.78 is 1.92. The molecular formula is C12H22N4O. The van der Waals surface area contributed by atoms with Gasteiger partial charge in [0.25, 0.3) is 0 Å². The molecule has 1 aliphatic rings. The van der Waals surface area contributed by atoms with E-state index in [1.807, 2.05) is 4.68 Å². The number of aromatic nitrogens is 3. The number of hydrogen-bond donors (Lipinski definition) is 2. The maximum atomic E-state index is 10.2. The van der Waals surface area contributed by atoms with E-state index in [0.29, 0.717) is 13.1 Å². The van der Waals surface area contributed by atoms with Crippen LogP contribution in [-0.4, -0.2) is 32.0 Å². The van der Waals surface area contributed by atoms with Crippen molar-refractivity contribution in [1.82, 2.24) is 20.1 Å². The first-order valence-corrected chi connectivity index (χ1v) is 6.53. The Morgan fingerprint density at radius 1 is 1.47 bits per heavy atom. The molecule has 1 fully saturated rings. The van der Waals surface area contributed by atoms with E-state index in [0.717, 1.165) is 44.5 Å². The summed E-state index contributed by atoms with van der Waals surface area (Å²) in [7, 11) is 0. The third kappa shape index (κ3) is 3.26. The minimum absolute atomic E-state index is 0.490. The van der Waals surface area contributed by atoms with Crippen LogP contribution in [0.15, 0.2) is 6.33 Å². The zero-order valence-electron chi connectivity index (χ0n) is 10.5. The summed E-state index contributed by atoms with van der Waals surface area (Å²) in [5.41, 5.74) is -0.490. The summed E-state index contributed by atoms with van der Waals surface area (Å²) in [6, 6.07) is 0. The van der Waals surface area contributed by atoms with Gasteiger partial charge < -0.3 is 10.4 Å². The summed E-state index contributed by atoms with van der Waals surface area (Å²) >= 11 is 0. The van der Waals surface area contributed by atoms with Gasteiger partial charge in [-0.2, -0.15) is 5.10 Å². The third-order valence-corrected chi connectivity index (χ3v) is 3.40. The summed E-state index contributed by atoms with van der Waals surface area (Å²) in [4.78, 5) is 4.23. The molecule has 5 heteroatoms. The molecule has 1 saturated carbocycles. The second kappa shape index (κ2) is 5.60. The van der Waals surface area contributed by atoms with Crippen molar-refractivity contribution in [1.29, 1.82) is 0 Å². The van der Waals surface area contributed by atoms with Gasteiger partial charge in [0.05, 0.1) is 12.1 Å². The van der Waals surface area contributed by atoms with Gasteiger partial charge in [-0.3, -0.25) is 0 Å². The molecule has 1 aromatic heterocycles. The molecule has 0 unspecified atom stereocenters. The van der Waals surface area contributed by atoms with Crippen molar-refractivity contribution in [3.63, 3.8) is 0 Å². The molecule has 0 radical (unpaired) electrons. The van der Waals surface area contributed by atoms with Crippen LogP contribution in [0.1, 0.15) is 44.9 Å². The van der Waals surface area contributed by atoms with Crippen LogP contribution in [0.5, 0.6) is 0 Å². The fraction of sp³-hybridized carbons (Fsp3) is 0.833. The zero-order chi connectivity index (χ0) is 12.1. The molecule has 2 rings (SSSR count). The van der Waals surface area contributed by atoms with Crippen molar-refractivity contribution in [3.05, 3.63) is 12.2 Å². The highest BCUT2D eigenvalue weighted by atomic mass is 16.3. The smallest absolute Gasteiger partial charge is 0.140 e. The molecule has 17 heavy (non-hydrogen) atoms. The maximum absolute atomic E-state index is 10.2. The highest BCUT2D eigenvalue weighted by Crippen LogP contribution is 2.28. The molecule has 0 atom stereocenters. The Morgan fingerprint density at radius 2 is 2.24 bits per heavy atom. The lowest BCUT2D eigenvalue weighted by Gasteiger charge is -2.22. The standard InChI is InChI=1S/C12H22N4O/c1-2-7-16-11(14-10-15-16)8-13-9-12(17)5-3-4-6-12/h10,13,17H,2-9H2,1H3. The second-order valence-corrected chi connectivity index (χ2v) is 4.93. The van der Waals surface area contributed by atoms with E-state index >= 15 is 0 Å². The highest BCUT2D eigenvalue weighted by molar-refractivity contribution is 4.89. The van der Waals surface area contributed by atoms with Crippen LogP contribution in [0, 0.1) is 0 Å². The molecule has 0 aliphatic heterocycles. The number of nitrogens with zero attached hydrogens (tertiary/aromatic N) is 3. The monoisotopic (exact) mass is 238 g/mol. The van der Waals surface area contributed by atoms with Crippen molar-refractivity contribution in [2.45, 2.75) is 57.7 Å². The zero-order valence-corrected chi connectivity index (χ0v) is 10.5. The topological polar surface area (TPSA) is 63.0 Å². The van der Waals surface area contributed by atoms with Crippen LogP contribution in [0.3, 0.4) is 0 Å². The lowest BCUT2D eigenvalue weighted by molar-refractivity contribution is 0.0472. The molecule has 1 aliphatic carbocycles. The van der Waals surface area contributed by atoms with Gasteiger partial charge in [0.1, 0.15) is 12.2 Å². The predicted molar refractivity (Wildman–Crippen MR) is 65.4 cm³/mol. The Morgan fingerprint density at radius 3 is 2.94 bits per heavy atom. The number of aliphatic hydroxyl groups is 1. The summed E-state index contributed by atoms with van der Waals surface area (Å²) in [6.45, 7) is 4.37. The molecule has 96 valence electrons. The van der Waals surface area contributed by atoms with Crippen molar-refractivity contribution in [2.24, 2.45) is 0 Å². The van der Waals surface area contributed by atoms with Gasteiger partial charge in [-0.15, -0.1) is 0 Å². The number of aryl methyl sites for hydroxylation is 1. The summed E-state index contributed by atoms with van der Waals surface area (Å²) in [5, 5.41) is 17.7. The molecule has 1 heterocycles. The number of rotatable bonds is 6. The van der Waals surface area contributed by atoms with Crippen molar-refractivity contribution >= 4 is 0 Å². The highest BCUT2D eigenvalue weighted by Gasteiger charge is 2.30. The van der Waals surface area contributed by atoms with Crippen LogP contribution < -0.4 is 5.32 Å². The van der Waals surface area contributed by atoms with E-state index in [9.17, 15) is 5.11 Å². The largest absolute Gasteiger partial charge is 0.389 e. The van der Waals surface area contributed by atoms with Gasteiger partial charge >= 0.3 is 0 Å². The average molecular weight is 238 g/mol. The molecule has 0 amide bonds. The van der Waals surface area contributed by atoms with Gasteiger partial charge in [-0.1, -0.05) is 19.8 Å². The van der Waals surface area contributed by atoms with Crippen molar-refractivity contribution in [2.75, 3.05) is 6.54 Å². The third-order valence-electron chi connectivity index (χ3n) is 3.40. The fourth-order valence-electron chi connectivity index (χ4n) is 2.44. The van der Waals surface area contributed by atoms with Gasteiger partial charge in [-0.25, -0.2) is 9.67 Å². The quantitative estimate of drug-likeness (QED) is 0.778. The molecular weight excluding hydrogens is 216 g/mol. The summed E-state index contributed by atoms with van der Waals surface area (Å²) in [6.07, 6.45) is 6.77. The molecule has 0 aromatic carbocycles. The number of hydrogen-bond acceptors (Lipinski definition) is 4. The normalized spacial score (nSPS) is 18.7. The minimum Gasteiger partial charge on any atom is -0.389 e. The van der Waals surface area contributed by atoms with E-state index < -0.39 is 5.60 Å². The van der Waals surface area contributed by atoms with Crippen LogP contribution >= 0.6 is 0 Å². The Kier molecular flexibility index (Phi) is 4.12. The van der Waals surface area contributed by atoms with Crippen LogP contribution in [-0.2, 0) is 13.1 Å². The minimum atomic E-state index is -0.490. The molecule has 1 aromatic rings. The first-order chi connectivity index (χ1) is 8.23. The van der Waals surface area contributed by atoms with Crippen LogP contribution in [0.2, 0.25) is 0 Å². The first kappa shape index (κ1) is 12.5. The Hall–Kier alpha value is -0.940. The van der Waals surface area contributed by atoms with Crippen LogP contribution in [0.4, 0.5) is 0 Å². The summed E-state index contributed by atoms with van der Waals surface area (Å²) in [5.74, 6) is 0.952. The Labute approximate surface area is 102 Å². The average Bonchev–Trinajstić information content (AvgIpc) is 2.90. The first-order valence-electron chi connectivity index (χ1n) is 6.53. The van der Waals surface area contributed by atoms with E-state index in [2.05, 4.69) is 22.3 Å². The molecule has 5 nitrogen and oxygen atoms in total. The Balaban J connectivity index is 1.79. The van der Waals surface area contributed by atoms with E-state index in [-0.39, 0.29) is 0 Å². The van der Waals surface area contributed by atoms with Crippen LogP contribution in [0.25, 0.3) is 0 Å². The lowest BCUT2D eigenvalue weighted by Crippen LogP contribution is -2.38. The maximum Gasteiger partial charge on any atom is 0.140 e. The van der Waals surface area contributed by atoms with Gasteiger partial charge in [0.2, 0.25) is 0 Å². The van der Waals surface area contributed by atoms with E-state index in [1.54, 1.807) is 6.33 Å². The van der Waals surface area contributed by atoms with Crippen molar-refractivity contribution < 1.29 is 5.11 Å². The SMILES string of the molecule is CCCn1ncnc1CNCC1(O)CCCC1. The lowest BCUT2D eigenvalue weighted by atomic mass is 10.0. The van der Waals surface area contributed by atoms with Gasteiger partial charge in [0.15, 0.2) is 0 Å². The van der Waals surface area contributed by atoms with E-state index in [4.69, 9.17) is 0 Å². The Bertz CT molecular complexity index is 344. The van der Waals surface area contributed by atoms with Crippen molar-refractivity contribution in [3.8, 4) is 0 Å². The molecule has 2 N–H and O–H groups in total. The fourth-order valence-corrected chi connectivity index (χ4v) is 2.44. The number of nitrogens with one attached hydrogen (secondary N) is 1. The predicted octanol–water partition coefficient (Wildman–Crippen LogP) is 1.08. The van der Waals surface area contributed by atoms with E-state index in [1.165, 1.54) is 0 Å². The second-order valence-electron chi connectivity index (χ2n) is 4.93. The molecule has 0 saturated heterocycles. The van der Waals surface area contributed by atoms with Gasteiger partial charge in [-0.05, 0) is 19.3 Å².